The highest BCUT2D eigenvalue weighted by Crippen LogP contribution is 2.33. The fraction of sp³-hybridized carbons (Fsp3) is 0.263. The third-order valence-corrected chi connectivity index (χ3v) is 4.80. The second kappa shape index (κ2) is 6.22. The first-order valence-corrected chi connectivity index (χ1v) is 8.34. The molecular weight excluding hydrogens is 316 g/mol. The van der Waals surface area contributed by atoms with Crippen molar-refractivity contribution in [2.75, 3.05) is 5.32 Å². The highest BCUT2D eigenvalue weighted by molar-refractivity contribution is 6.03. The maximum Gasteiger partial charge on any atom is 0.292 e. The third-order valence-electron chi connectivity index (χ3n) is 4.80. The summed E-state index contributed by atoms with van der Waals surface area (Å²) in [4.78, 5) is 14.7. The fourth-order valence-electron chi connectivity index (χ4n) is 3.25. The molecule has 0 bridgehead atoms. The first kappa shape index (κ1) is 15.7. The Morgan fingerprint density at radius 3 is 2.80 bits per heavy atom. The van der Waals surface area contributed by atoms with Gasteiger partial charge in [0.25, 0.3) is 5.91 Å². The van der Waals surface area contributed by atoms with E-state index in [0.29, 0.717) is 11.6 Å². The molecule has 1 unspecified atom stereocenters. The van der Waals surface area contributed by atoms with Crippen molar-refractivity contribution >= 4 is 11.7 Å². The van der Waals surface area contributed by atoms with E-state index in [-0.39, 0.29) is 11.9 Å². The van der Waals surface area contributed by atoms with E-state index in [2.05, 4.69) is 51.6 Å². The molecule has 0 radical (unpaired) electrons. The van der Waals surface area contributed by atoms with Crippen LogP contribution in [0.25, 0.3) is 0 Å². The van der Waals surface area contributed by atoms with Crippen LogP contribution in [0.15, 0.2) is 47.1 Å². The summed E-state index contributed by atoms with van der Waals surface area (Å²) in [5.41, 5.74) is 4.11. The van der Waals surface area contributed by atoms with Crippen LogP contribution < -0.4 is 5.32 Å². The number of furan rings is 1. The summed E-state index contributed by atoms with van der Waals surface area (Å²) in [6.07, 6.45) is 1.52. The number of fused-ring (bicyclic) bond motifs is 1. The van der Waals surface area contributed by atoms with Crippen LogP contribution in [0.1, 0.15) is 45.9 Å². The van der Waals surface area contributed by atoms with E-state index >= 15 is 0 Å². The molecule has 25 heavy (non-hydrogen) atoms. The van der Waals surface area contributed by atoms with Gasteiger partial charge in [-0.2, -0.15) is 5.10 Å². The zero-order chi connectivity index (χ0) is 17.4. The summed E-state index contributed by atoms with van der Waals surface area (Å²) in [7, 11) is 0. The molecule has 0 saturated carbocycles. The van der Waals surface area contributed by atoms with Crippen LogP contribution in [0.3, 0.4) is 0 Å². The number of aryl methyl sites for hydroxylation is 1. The second-order valence-corrected chi connectivity index (χ2v) is 6.40. The Morgan fingerprint density at radius 1 is 1.28 bits per heavy atom. The van der Waals surface area contributed by atoms with Gasteiger partial charge in [0, 0.05) is 30.3 Å². The number of nitrogens with zero attached hydrogens (tertiary/aromatic N) is 2. The number of aromatic nitrogens is 2. The van der Waals surface area contributed by atoms with Crippen molar-refractivity contribution in [2.45, 2.75) is 33.0 Å². The van der Waals surface area contributed by atoms with E-state index in [1.807, 2.05) is 13.0 Å². The minimum absolute atomic E-state index is 0.261. The van der Waals surface area contributed by atoms with Crippen molar-refractivity contribution in [3.8, 4) is 0 Å². The number of rotatable bonds is 4. The van der Waals surface area contributed by atoms with Crippen molar-refractivity contribution in [1.29, 1.82) is 0 Å². The van der Waals surface area contributed by atoms with Crippen LogP contribution in [0.5, 0.6) is 0 Å². The molecule has 0 aliphatic carbocycles. The number of hydrogen-bond acceptors (Lipinski definition) is 4. The lowest BCUT2D eigenvalue weighted by atomic mass is 10.1. The molecule has 1 aromatic carbocycles. The predicted molar refractivity (Wildman–Crippen MR) is 94.1 cm³/mol. The number of anilines is 1. The van der Waals surface area contributed by atoms with Crippen LogP contribution in [0.4, 0.5) is 5.82 Å². The SMILES string of the molecule is Cc1ccoc1C(=O)Nc1[nH]nc2c1CN(C(C)c1ccccc1)C2. The summed E-state index contributed by atoms with van der Waals surface area (Å²) in [5, 5.41) is 10.2. The monoisotopic (exact) mass is 336 g/mol. The lowest BCUT2D eigenvalue weighted by Crippen LogP contribution is -2.22. The highest BCUT2D eigenvalue weighted by Gasteiger charge is 2.29. The normalized spacial score (nSPS) is 15.1. The van der Waals surface area contributed by atoms with Gasteiger partial charge in [0.1, 0.15) is 5.82 Å². The molecule has 1 atom stereocenters. The largest absolute Gasteiger partial charge is 0.459 e. The number of hydrogen-bond donors (Lipinski definition) is 2. The molecule has 1 aliphatic rings. The molecule has 0 saturated heterocycles. The second-order valence-electron chi connectivity index (χ2n) is 6.40. The summed E-state index contributed by atoms with van der Waals surface area (Å²) in [6, 6.07) is 12.5. The maximum absolute atomic E-state index is 12.4. The Labute approximate surface area is 145 Å². The highest BCUT2D eigenvalue weighted by atomic mass is 16.3. The molecule has 2 N–H and O–H groups in total. The van der Waals surface area contributed by atoms with Gasteiger partial charge in [-0.3, -0.25) is 14.8 Å². The summed E-state index contributed by atoms with van der Waals surface area (Å²) in [6.45, 7) is 5.54. The smallest absolute Gasteiger partial charge is 0.292 e. The van der Waals surface area contributed by atoms with Crippen LogP contribution in [0, 0.1) is 6.92 Å². The Hall–Kier alpha value is -2.86. The van der Waals surface area contributed by atoms with Gasteiger partial charge in [0.2, 0.25) is 0 Å². The Morgan fingerprint density at radius 2 is 2.08 bits per heavy atom. The van der Waals surface area contributed by atoms with Crippen molar-refractivity contribution in [1.82, 2.24) is 15.1 Å². The van der Waals surface area contributed by atoms with E-state index < -0.39 is 0 Å². The number of carbonyl (C=O) groups is 1. The number of H-pyrrole nitrogens is 1. The van der Waals surface area contributed by atoms with Crippen molar-refractivity contribution in [3.05, 3.63) is 70.8 Å². The fourth-order valence-corrected chi connectivity index (χ4v) is 3.25. The zero-order valence-corrected chi connectivity index (χ0v) is 14.2. The summed E-state index contributed by atoms with van der Waals surface area (Å²) >= 11 is 0. The van der Waals surface area contributed by atoms with Crippen LogP contribution in [0.2, 0.25) is 0 Å². The standard InChI is InChI=1S/C19H20N4O2/c1-12-8-9-25-17(12)19(24)20-18-15-10-23(11-16(15)21-22-18)13(2)14-6-4-3-5-7-14/h3-9,13H,10-11H2,1-2H3,(H2,20,21,22,24). The van der Waals surface area contributed by atoms with Gasteiger partial charge in [-0.25, -0.2) is 0 Å². The minimum Gasteiger partial charge on any atom is -0.459 e. The molecule has 6 heteroatoms. The molecule has 6 nitrogen and oxygen atoms in total. The molecule has 128 valence electrons. The van der Waals surface area contributed by atoms with E-state index in [1.165, 1.54) is 11.8 Å². The average molecular weight is 336 g/mol. The van der Waals surface area contributed by atoms with Crippen molar-refractivity contribution < 1.29 is 9.21 Å². The first-order chi connectivity index (χ1) is 12.1. The van der Waals surface area contributed by atoms with Gasteiger partial charge < -0.3 is 9.73 Å². The quantitative estimate of drug-likeness (QED) is 0.763. The molecule has 3 heterocycles. The molecule has 2 aromatic heterocycles. The maximum atomic E-state index is 12.4. The van der Waals surface area contributed by atoms with Gasteiger partial charge in [-0.1, -0.05) is 30.3 Å². The molecule has 0 fully saturated rings. The van der Waals surface area contributed by atoms with E-state index in [9.17, 15) is 4.79 Å². The average Bonchev–Trinajstić information content (AvgIpc) is 3.32. The van der Waals surface area contributed by atoms with Gasteiger partial charge in [0.05, 0.1) is 12.0 Å². The Bertz CT molecular complexity index is 897. The van der Waals surface area contributed by atoms with Crippen LogP contribution >= 0.6 is 0 Å². The zero-order valence-electron chi connectivity index (χ0n) is 14.2. The predicted octanol–water partition coefficient (Wildman–Crippen LogP) is 3.64. The minimum atomic E-state index is -0.261. The van der Waals surface area contributed by atoms with Crippen LogP contribution in [-0.4, -0.2) is 21.0 Å². The van der Waals surface area contributed by atoms with E-state index in [4.69, 9.17) is 4.42 Å². The van der Waals surface area contributed by atoms with Crippen molar-refractivity contribution in [3.63, 3.8) is 0 Å². The van der Waals surface area contributed by atoms with E-state index in [1.54, 1.807) is 6.07 Å². The third kappa shape index (κ3) is 2.85. The lowest BCUT2D eigenvalue weighted by molar-refractivity contribution is 0.0995. The first-order valence-electron chi connectivity index (χ1n) is 8.34. The molecule has 1 aliphatic heterocycles. The number of nitrogens with one attached hydrogen (secondary N) is 2. The molecule has 0 spiro atoms. The van der Waals surface area contributed by atoms with Gasteiger partial charge in [0.15, 0.2) is 5.76 Å². The topological polar surface area (TPSA) is 74.2 Å². The van der Waals surface area contributed by atoms with Gasteiger partial charge in [-0.05, 0) is 25.5 Å². The molecule has 3 aromatic rings. The summed E-state index contributed by atoms with van der Waals surface area (Å²) in [5.74, 6) is 0.720. The number of benzene rings is 1. The van der Waals surface area contributed by atoms with Crippen molar-refractivity contribution in [2.24, 2.45) is 0 Å². The number of carbonyl (C=O) groups excluding carboxylic acids is 1. The van der Waals surface area contributed by atoms with E-state index in [0.717, 1.165) is 29.9 Å². The molecular formula is C19H20N4O2. The Balaban J connectivity index is 1.50. The lowest BCUT2D eigenvalue weighted by Gasteiger charge is -2.24. The molecule has 1 amide bonds. The van der Waals surface area contributed by atoms with Gasteiger partial charge >= 0.3 is 0 Å². The molecule has 4 rings (SSSR count). The summed E-state index contributed by atoms with van der Waals surface area (Å²) < 4.78 is 5.25. The van der Waals surface area contributed by atoms with Gasteiger partial charge in [-0.15, -0.1) is 0 Å². The van der Waals surface area contributed by atoms with Crippen LogP contribution in [-0.2, 0) is 13.1 Å². The Kier molecular flexibility index (Phi) is 3.89. The number of aromatic amines is 1. The number of amides is 1.